The molecule has 0 bridgehead atoms. The van der Waals surface area contributed by atoms with E-state index in [0.29, 0.717) is 12.1 Å². The van der Waals surface area contributed by atoms with Crippen molar-refractivity contribution in [3.63, 3.8) is 0 Å². The van der Waals surface area contributed by atoms with Crippen LogP contribution in [-0.4, -0.2) is 12.0 Å². The molecular formula is C13H12F2N2. The van der Waals surface area contributed by atoms with E-state index in [-0.39, 0.29) is 0 Å². The number of rotatable bonds is 3. The van der Waals surface area contributed by atoms with Crippen molar-refractivity contribution in [2.75, 3.05) is 7.05 Å². The van der Waals surface area contributed by atoms with Crippen molar-refractivity contribution in [2.24, 2.45) is 0 Å². The number of nitrogens with one attached hydrogen (secondary N) is 1. The molecule has 1 N–H and O–H groups in total. The minimum atomic E-state index is -0.577. The normalized spacial score (nSPS) is 10.5. The Balaban J connectivity index is 2.41. The van der Waals surface area contributed by atoms with E-state index in [4.69, 9.17) is 0 Å². The number of aromatic nitrogens is 1. The van der Waals surface area contributed by atoms with E-state index in [9.17, 15) is 8.78 Å². The molecule has 0 aliphatic carbocycles. The van der Waals surface area contributed by atoms with E-state index >= 15 is 0 Å². The fourth-order valence-corrected chi connectivity index (χ4v) is 1.66. The van der Waals surface area contributed by atoms with Crippen LogP contribution in [0.5, 0.6) is 0 Å². The van der Waals surface area contributed by atoms with Gasteiger partial charge in [0.25, 0.3) is 0 Å². The maximum Gasteiger partial charge on any atom is 0.126 e. The van der Waals surface area contributed by atoms with Crippen molar-refractivity contribution in [1.29, 1.82) is 0 Å². The van der Waals surface area contributed by atoms with Gasteiger partial charge in [-0.1, -0.05) is 0 Å². The lowest BCUT2D eigenvalue weighted by atomic mass is 10.1. The second kappa shape index (κ2) is 5.01. The molecule has 0 aliphatic heterocycles. The highest BCUT2D eigenvalue weighted by Crippen LogP contribution is 2.21. The van der Waals surface area contributed by atoms with Gasteiger partial charge in [0.1, 0.15) is 11.6 Å². The second-order valence-electron chi connectivity index (χ2n) is 3.72. The van der Waals surface area contributed by atoms with Crippen molar-refractivity contribution >= 4 is 0 Å². The maximum atomic E-state index is 13.1. The third-order valence-corrected chi connectivity index (χ3v) is 2.37. The average Bonchev–Trinajstić information content (AvgIpc) is 2.28. The largest absolute Gasteiger partial charge is 0.314 e. The summed E-state index contributed by atoms with van der Waals surface area (Å²) in [5.74, 6) is -1.15. The van der Waals surface area contributed by atoms with E-state index in [2.05, 4.69) is 10.3 Å². The molecule has 1 aromatic carbocycles. The van der Waals surface area contributed by atoms with E-state index in [1.54, 1.807) is 12.3 Å². The Morgan fingerprint density at radius 1 is 1.06 bits per heavy atom. The fourth-order valence-electron chi connectivity index (χ4n) is 1.66. The highest BCUT2D eigenvalue weighted by Gasteiger charge is 2.04. The number of halogens is 2. The third-order valence-electron chi connectivity index (χ3n) is 2.37. The zero-order valence-electron chi connectivity index (χ0n) is 9.37. The van der Waals surface area contributed by atoms with Crippen molar-refractivity contribution in [3.05, 3.63) is 53.9 Å². The summed E-state index contributed by atoms with van der Waals surface area (Å²) in [7, 11) is 1.82. The minimum Gasteiger partial charge on any atom is -0.314 e. The number of benzene rings is 1. The molecule has 0 saturated heterocycles. The number of hydrogen-bond acceptors (Lipinski definition) is 2. The molecule has 2 aromatic rings. The predicted octanol–water partition coefficient (Wildman–Crippen LogP) is 2.75. The molecule has 0 radical (unpaired) electrons. The van der Waals surface area contributed by atoms with Crippen LogP contribution in [0.2, 0.25) is 0 Å². The Hall–Kier alpha value is -1.81. The molecule has 1 aromatic heterocycles. The lowest BCUT2D eigenvalue weighted by Gasteiger charge is -2.05. The van der Waals surface area contributed by atoms with E-state index in [1.807, 2.05) is 13.1 Å². The Labute approximate surface area is 98.3 Å². The van der Waals surface area contributed by atoms with Crippen LogP contribution < -0.4 is 5.32 Å². The molecule has 0 aliphatic rings. The number of nitrogens with zero attached hydrogens (tertiary/aromatic N) is 1. The Morgan fingerprint density at radius 2 is 1.76 bits per heavy atom. The highest BCUT2D eigenvalue weighted by atomic mass is 19.1. The van der Waals surface area contributed by atoms with E-state index < -0.39 is 11.6 Å². The van der Waals surface area contributed by atoms with Crippen molar-refractivity contribution < 1.29 is 8.78 Å². The predicted molar refractivity (Wildman–Crippen MR) is 62.4 cm³/mol. The summed E-state index contributed by atoms with van der Waals surface area (Å²) in [4.78, 5) is 4.15. The first-order valence-electron chi connectivity index (χ1n) is 5.25. The van der Waals surface area contributed by atoms with Gasteiger partial charge in [0.2, 0.25) is 0 Å². The molecular weight excluding hydrogens is 222 g/mol. The summed E-state index contributed by atoms with van der Waals surface area (Å²) < 4.78 is 26.2. The topological polar surface area (TPSA) is 24.9 Å². The Kier molecular flexibility index (Phi) is 3.44. The summed E-state index contributed by atoms with van der Waals surface area (Å²) in [5, 5.41) is 2.97. The van der Waals surface area contributed by atoms with Crippen molar-refractivity contribution in [1.82, 2.24) is 10.3 Å². The van der Waals surface area contributed by atoms with Gasteiger partial charge in [0.15, 0.2) is 0 Å². The average molecular weight is 234 g/mol. The molecule has 17 heavy (non-hydrogen) atoms. The first kappa shape index (κ1) is 11.7. The molecule has 0 saturated carbocycles. The lowest BCUT2D eigenvalue weighted by Crippen LogP contribution is -2.06. The summed E-state index contributed by atoms with van der Waals surface area (Å²) >= 11 is 0. The Morgan fingerprint density at radius 3 is 2.41 bits per heavy atom. The van der Waals surface area contributed by atoms with Gasteiger partial charge in [-0.3, -0.25) is 4.98 Å². The zero-order chi connectivity index (χ0) is 12.3. The van der Waals surface area contributed by atoms with E-state index in [1.165, 1.54) is 12.1 Å². The molecule has 4 heteroatoms. The third kappa shape index (κ3) is 2.85. The smallest absolute Gasteiger partial charge is 0.126 e. The van der Waals surface area contributed by atoms with Crippen LogP contribution in [-0.2, 0) is 6.54 Å². The molecule has 0 unspecified atom stereocenters. The standard InChI is InChI=1S/C13H12F2N2/c1-16-8-13-6-9(2-3-17-13)10-4-11(14)7-12(15)5-10/h2-7,16H,8H2,1H3. The van der Waals surface area contributed by atoms with Crippen molar-refractivity contribution in [3.8, 4) is 11.1 Å². The first-order valence-corrected chi connectivity index (χ1v) is 5.25. The molecule has 0 atom stereocenters. The first-order chi connectivity index (χ1) is 8.19. The second-order valence-corrected chi connectivity index (χ2v) is 3.72. The van der Waals surface area contributed by atoms with Crippen LogP contribution in [0.1, 0.15) is 5.69 Å². The quantitative estimate of drug-likeness (QED) is 0.883. The zero-order valence-corrected chi connectivity index (χ0v) is 9.37. The summed E-state index contributed by atoms with van der Waals surface area (Å²) in [6.45, 7) is 0.617. The molecule has 2 nitrogen and oxygen atoms in total. The van der Waals surface area contributed by atoms with Crippen LogP contribution in [0.3, 0.4) is 0 Å². The Bertz CT molecular complexity index is 506. The van der Waals surface area contributed by atoms with E-state index in [0.717, 1.165) is 17.3 Å². The minimum absolute atomic E-state index is 0.516. The molecule has 0 amide bonds. The summed E-state index contributed by atoms with van der Waals surface area (Å²) in [6.07, 6.45) is 1.63. The monoisotopic (exact) mass is 234 g/mol. The van der Waals surface area contributed by atoms with Crippen LogP contribution in [0.15, 0.2) is 36.5 Å². The SMILES string of the molecule is CNCc1cc(-c2cc(F)cc(F)c2)ccn1. The van der Waals surface area contributed by atoms with Gasteiger partial charge in [0.05, 0.1) is 5.69 Å². The van der Waals surface area contributed by atoms with Gasteiger partial charge in [-0.05, 0) is 42.4 Å². The van der Waals surface area contributed by atoms with Crippen LogP contribution in [0.25, 0.3) is 11.1 Å². The van der Waals surface area contributed by atoms with Crippen LogP contribution in [0.4, 0.5) is 8.78 Å². The van der Waals surface area contributed by atoms with Crippen LogP contribution >= 0.6 is 0 Å². The summed E-state index contributed by atoms with van der Waals surface area (Å²) in [5.41, 5.74) is 2.10. The van der Waals surface area contributed by atoms with Gasteiger partial charge in [-0.15, -0.1) is 0 Å². The van der Waals surface area contributed by atoms with Gasteiger partial charge < -0.3 is 5.32 Å². The molecule has 1 heterocycles. The van der Waals surface area contributed by atoms with Crippen molar-refractivity contribution in [2.45, 2.75) is 6.54 Å². The van der Waals surface area contributed by atoms with Gasteiger partial charge in [-0.25, -0.2) is 8.78 Å². The number of hydrogen-bond donors (Lipinski definition) is 1. The highest BCUT2D eigenvalue weighted by molar-refractivity contribution is 5.63. The van der Waals surface area contributed by atoms with Crippen LogP contribution in [0, 0.1) is 11.6 Å². The molecule has 0 spiro atoms. The molecule has 0 fully saturated rings. The van der Waals surface area contributed by atoms with Gasteiger partial charge >= 0.3 is 0 Å². The maximum absolute atomic E-state index is 13.1. The number of pyridine rings is 1. The molecule has 88 valence electrons. The molecule has 2 rings (SSSR count). The van der Waals surface area contributed by atoms with Gasteiger partial charge in [0, 0.05) is 18.8 Å². The fraction of sp³-hybridized carbons (Fsp3) is 0.154. The summed E-state index contributed by atoms with van der Waals surface area (Å²) in [6, 6.07) is 7.01. The van der Waals surface area contributed by atoms with Gasteiger partial charge in [-0.2, -0.15) is 0 Å². The lowest BCUT2D eigenvalue weighted by molar-refractivity contribution is 0.584.